The summed E-state index contributed by atoms with van der Waals surface area (Å²) < 4.78 is 0. The van der Waals surface area contributed by atoms with Gasteiger partial charge in [0.15, 0.2) is 11.6 Å². The number of carboxylic acids is 1. The van der Waals surface area contributed by atoms with Crippen LogP contribution in [0.4, 0.5) is 0 Å². The maximum absolute atomic E-state index is 11.0. The second-order valence-electron chi connectivity index (χ2n) is 4.07. The molecule has 0 aliphatic heterocycles. The average molecular weight is 279 g/mol. The van der Waals surface area contributed by atoms with Gasteiger partial charge in [-0.1, -0.05) is 0 Å². The highest BCUT2D eigenvalue weighted by Crippen LogP contribution is 2.17. The van der Waals surface area contributed by atoms with Gasteiger partial charge in [-0.25, -0.2) is 24.7 Å². The molecule has 3 aromatic rings. The van der Waals surface area contributed by atoms with Crippen LogP contribution in [-0.2, 0) is 0 Å². The standard InChI is InChI=1S/C14H9N5O2/c20-14(21)9-2-6-15-11(8-9)10-3-7-18-13(19-10)12-16-4-1-5-17-12/h1-8H,(H,20,21). The molecular formula is C14H9N5O2. The molecule has 0 radical (unpaired) electrons. The van der Waals surface area contributed by atoms with Crippen molar-refractivity contribution in [3.8, 4) is 23.0 Å². The maximum Gasteiger partial charge on any atom is 0.335 e. The average Bonchev–Trinajstić information content (AvgIpc) is 2.56. The Balaban J connectivity index is 2.04. The lowest BCUT2D eigenvalue weighted by molar-refractivity contribution is 0.0697. The minimum absolute atomic E-state index is 0.149. The van der Waals surface area contributed by atoms with Crippen LogP contribution in [0.3, 0.4) is 0 Å². The Morgan fingerprint density at radius 3 is 2.33 bits per heavy atom. The largest absolute Gasteiger partial charge is 0.478 e. The topological polar surface area (TPSA) is 102 Å². The number of aromatic carboxylic acids is 1. The number of carboxylic acid groups (broad SMARTS) is 1. The third-order valence-electron chi connectivity index (χ3n) is 2.69. The molecule has 1 N–H and O–H groups in total. The summed E-state index contributed by atoms with van der Waals surface area (Å²) in [5.41, 5.74) is 1.11. The van der Waals surface area contributed by atoms with Crippen molar-refractivity contribution >= 4 is 5.97 Å². The molecule has 21 heavy (non-hydrogen) atoms. The van der Waals surface area contributed by atoms with E-state index in [0.717, 1.165) is 0 Å². The summed E-state index contributed by atoms with van der Waals surface area (Å²) in [5, 5.41) is 9.01. The summed E-state index contributed by atoms with van der Waals surface area (Å²) in [5.74, 6) is -0.260. The zero-order valence-electron chi connectivity index (χ0n) is 10.7. The lowest BCUT2D eigenvalue weighted by Gasteiger charge is -2.03. The van der Waals surface area contributed by atoms with Gasteiger partial charge >= 0.3 is 5.97 Å². The Morgan fingerprint density at radius 1 is 0.857 bits per heavy atom. The van der Waals surface area contributed by atoms with E-state index in [1.807, 2.05) is 0 Å². The number of hydrogen-bond donors (Lipinski definition) is 1. The van der Waals surface area contributed by atoms with Gasteiger partial charge in [0, 0.05) is 24.8 Å². The zero-order chi connectivity index (χ0) is 14.7. The predicted molar refractivity (Wildman–Crippen MR) is 73.2 cm³/mol. The molecule has 0 bridgehead atoms. The van der Waals surface area contributed by atoms with Gasteiger partial charge in [0.05, 0.1) is 17.0 Å². The molecule has 102 valence electrons. The Hall–Kier alpha value is -3.22. The van der Waals surface area contributed by atoms with Gasteiger partial charge in [0.1, 0.15) is 0 Å². The van der Waals surface area contributed by atoms with E-state index in [1.165, 1.54) is 18.3 Å². The highest BCUT2D eigenvalue weighted by molar-refractivity contribution is 5.88. The van der Waals surface area contributed by atoms with Gasteiger partial charge in [0.2, 0.25) is 0 Å². The first-order valence-corrected chi connectivity index (χ1v) is 6.04. The highest BCUT2D eigenvalue weighted by Gasteiger charge is 2.10. The van der Waals surface area contributed by atoms with Crippen molar-refractivity contribution in [2.45, 2.75) is 0 Å². The van der Waals surface area contributed by atoms with Gasteiger partial charge in [-0.3, -0.25) is 4.98 Å². The molecule has 7 nitrogen and oxygen atoms in total. The van der Waals surface area contributed by atoms with Crippen LogP contribution in [-0.4, -0.2) is 36.0 Å². The van der Waals surface area contributed by atoms with Crippen molar-refractivity contribution < 1.29 is 9.90 Å². The third kappa shape index (κ3) is 2.71. The second kappa shape index (κ2) is 5.41. The lowest BCUT2D eigenvalue weighted by Crippen LogP contribution is -1.99. The van der Waals surface area contributed by atoms with Crippen molar-refractivity contribution in [2.24, 2.45) is 0 Å². The molecule has 0 aromatic carbocycles. The third-order valence-corrected chi connectivity index (χ3v) is 2.69. The van der Waals surface area contributed by atoms with Gasteiger partial charge in [-0.05, 0) is 24.3 Å². The quantitative estimate of drug-likeness (QED) is 0.778. The van der Waals surface area contributed by atoms with Crippen molar-refractivity contribution in [1.29, 1.82) is 0 Å². The second-order valence-corrected chi connectivity index (χ2v) is 4.07. The van der Waals surface area contributed by atoms with E-state index in [0.29, 0.717) is 23.0 Å². The minimum atomic E-state index is -1.01. The molecule has 0 saturated carbocycles. The van der Waals surface area contributed by atoms with E-state index in [1.54, 1.807) is 30.7 Å². The van der Waals surface area contributed by atoms with Crippen LogP contribution in [0.15, 0.2) is 49.1 Å². The summed E-state index contributed by atoms with van der Waals surface area (Å²) in [7, 11) is 0. The van der Waals surface area contributed by atoms with Crippen molar-refractivity contribution in [3.05, 3.63) is 54.6 Å². The Labute approximate surface area is 119 Å². The zero-order valence-corrected chi connectivity index (χ0v) is 10.7. The van der Waals surface area contributed by atoms with E-state index in [2.05, 4.69) is 24.9 Å². The molecular weight excluding hydrogens is 270 g/mol. The first-order valence-electron chi connectivity index (χ1n) is 6.04. The molecule has 0 unspecified atom stereocenters. The number of carbonyl (C=O) groups is 1. The Morgan fingerprint density at radius 2 is 1.57 bits per heavy atom. The number of rotatable bonds is 3. The highest BCUT2D eigenvalue weighted by atomic mass is 16.4. The van der Waals surface area contributed by atoms with Crippen LogP contribution >= 0.6 is 0 Å². The molecule has 0 saturated heterocycles. The first-order chi connectivity index (χ1) is 10.2. The number of hydrogen-bond acceptors (Lipinski definition) is 6. The van der Waals surface area contributed by atoms with Crippen LogP contribution in [0.5, 0.6) is 0 Å². The van der Waals surface area contributed by atoms with Crippen molar-refractivity contribution in [2.75, 3.05) is 0 Å². The van der Waals surface area contributed by atoms with E-state index in [9.17, 15) is 4.79 Å². The smallest absolute Gasteiger partial charge is 0.335 e. The van der Waals surface area contributed by atoms with Crippen LogP contribution in [0, 0.1) is 0 Å². The van der Waals surface area contributed by atoms with E-state index in [4.69, 9.17) is 5.11 Å². The van der Waals surface area contributed by atoms with E-state index >= 15 is 0 Å². The fourth-order valence-electron chi connectivity index (χ4n) is 1.73. The fraction of sp³-hybridized carbons (Fsp3) is 0. The summed E-state index contributed by atoms with van der Waals surface area (Å²) in [6, 6.07) is 6.24. The van der Waals surface area contributed by atoms with Crippen LogP contribution < -0.4 is 0 Å². The summed E-state index contributed by atoms with van der Waals surface area (Å²) in [6.45, 7) is 0. The molecule has 0 fully saturated rings. The molecule has 0 aliphatic rings. The van der Waals surface area contributed by atoms with E-state index in [-0.39, 0.29) is 5.56 Å². The van der Waals surface area contributed by atoms with E-state index < -0.39 is 5.97 Å². The van der Waals surface area contributed by atoms with Crippen molar-refractivity contribution in [3.63, 3.8) is 0 Å². The lowest BCUT2D eigenvalue weighted by atomic mass is 10.2. The Bertz CT molecular complexity index is 792. The minimum Gasteiger partial charge on any atom is -0.478 e. The van der Waals surface area contributed by atoms with Gasteiger partial charge < -0.3 is 5.11 Å². The van der Waals surface area contributed by atoms with Crippen LogP contribution in [0.1, 0.15) is 10.4 Å². The summed E-state index contributed by atoms with van der Waals surface area (Å²) >= 11 is 0. The molecule has 0 atom stereocenters. The number of nitrogens with zero attached hydrogens (tertiary/aromatic N) is 5. The van der Waals surface area contributed by atoms with Gasteiger partial charge in [-0.2, -0.15) is 0 Å². The number of aromatic nitrogens is 5. The molecule has 3 rings (SSSR count). The Kier molecular flexibility index (Phi) is 3.30. The number of pyridine rings is 1. The molecule has 7 heteroatoms. The van der Waals surface area contributed by atoms with Crippen LogP contribution in [0.2, 0.25) is 0 Å². The van der Waals surface area contributed by atoms with Crippen molar-refractivity contribution in [1.82, 2.24) is 24.9 Å². The summed E-state index contributed by atoms with van der Waals surface area (Å²) in [6.07, 6.45) is 6.19. The molecule has 0 aliphatic carbocycles. The fourth-order valence-corrected chi connectivity index (χ4v) is 1.73. The molecule has 0 spiro atoms. The molecule has 3 heterocycles. The molecule has 3 aromatic heterocycles. The normalized spacial score (nSPS) is 10.3. The monoisotopic (exact) mass is 279 g/mol. The summed E-state index contributed by atoms with van der Waals surface area (Å²) in [4.78, 5) is 31.7. The SMILES string of the molecule is O=C(O)c1ccnc(-c2ccnc(-c3ncccn3)n2)c1. The van der Waals surface area contributed by atoms with Crippen LogP contribution in [0.25, 0.3) is 23.0 Å². The van der Waals surface area contributed by atoms with Gasteiger partial charge in [0.25, 0.3) is 0 Å². The van der Waals surface area contributed by atoms with Gasteiger partial charge in [-0.15, -0.1) is 0 Å². The predicted octanol–water partition coefficient (Wildman–Crippen LogP) is 1.69. The molecule has 0 amide bonds. The first kappa shape index (κ1) is 12.8. The maximum atomic E-state index is 11.0.